The molecular weight excluding hydrogens is 461 g/mol. The predicted octanol–water partition coefficient (Wildman–Crippen LogP) is 3.73. The van der Waals surface area contributed by atoms with E-state index in [1.165, 1.54) is 24.6 Å². The lowest BCUT2D eigenvalue weighted by Gasteiger charge is -2.29. The van der Waals surface area contributed by atoms with Crippen LogP contribution in [0.2, 0.25) is 0 Å². The quantitative estimate of drug-likeness (QED) is 0.405. The van der Waals surface area contributed by atoms with E-state index >= 15 is 0 Å². The fourth-order valence-electron chi connectivity index (χ4n) is 4.96. The Labute approximate surface area is 200 Å². The van der Waals surface area contributed by atoms with E-state index in [1.807, 2.05) is 12.1 Å². The van der Waals surface area contributed by atoms with Gasteiger partial charge in [0.25, 0.3) is 0 Å². The van der Waals surface area contributed by atoms with E-state index in [4.69, 9.17) is 5.11 Å². The van der Waals surface area contributed by atoms with Crippen molar-refractivity contribution in [2.75, 3.05) is 24.6 Å². The van der Waals surface area contributed by atoms with Gasteiger partial charge >= 0.3 is 6.18 Å². The molecule has 35 heavy (non-hydrogen) atoms. The lowest BCUT2D eigenvalue weighted by Crippen LogP contribution is -2.29. The first-order valence-electron chi connectivity index (χ1n) is 11.7. The highest BCUT2D eigenvalue weighted by Crippen LogP contribution is 2.47. The number of nitrogens with zero attached hydrogens (tertiary/aromatic N) is 2. The number of carbonyl (C=O) groups is 1. The molecule has 3 unspecified atom stereocenters. The Bertz CT molecular complexity index is 1200. The van der Waals surface area contributed by atoms with E-state index in [9.17, 15) is 33.4 Å². The number of piperidine rings is 1. The topological polar surface area (TPSA) is 105 Å². The minimum absolute atomic E-state index is 0.293. The van der Waals surface area contributed by atoms with Gasteiger partial charge in [-0.3, -0.25) is 4.79 Å². The van der Waals surface area contributed by atoms with Crippen molar-refractivity contribution in [2.45, 2.75) is 50.0 Å². The molecule has 3 atom stereocenters. The molecule has 0 amide bonds. The maximum atomic E-state index is 14.1. The summed E-state index contributed by atoms with van der Waals surface area (Å²) in [6.45, 7) is 1.35. The molecule has 1 aliphatic carbocycles. The average Bonchev–Trinajstić information content (AvgIpc) is 3.38. The van der Waals surface area contributed by atoms with E-state index < -0.39 is 53.8 Å². The number of fused-ring (bicyclic) bond motifs is 1. The van der Waals surface area contributed by atoms with Crippen molar-refractivity contribution in [1.82, 2.24) is 0 Å². The number of alkyl halides is 3. The second kappa shape index (κ2) is 9.61. The molecule has 2 aromatic rings. The summed E-state index contributed by atoms with van der Waals surface area (Å²) in [6.07, 6.45) is -3.78. The van der Waals surface area contributed by atoms with Crippen molar-refractivity contribution in [2.24, 2.45) is 5.92 Å². The first kappa shape index (κ1) is 25.2. The zero-order valence-electron chi connectivity index (χ0n) is 19.1. The standard InChI is InChI=1S/C26H27F3N2O4/c27-26(28,29)23(20(14-30)22(33)8-9-25(35)21(15-32)24(25)34)18-5-4-17-13-19(7-6-16(17)12-18)31-10-2-1-3-11-31/h4-7,12-13,21,24,32,34-35H,1-3,8-11,15H2/b23-20-. The van der Waals surface area contributed by atoms with Gasteiger partial charge in [-0.2, -0.15) is 18.4 Å². The Hall–Kier alpha value is -2.93. The Morgan fingerprint density at radius 3 is 2.37 bits per heavy atom. The van der Waals surface area contributed by atoms with Crippen LogP contribution in [0, 0.1) is 17.2 Å². The number of anilines is 1. The van der Waals surface area contributed by atoms with Crippen LogP contribution in [0.1, 0.15) is 37.7 Å². The van der Waals surface area contributed by atoms with E-state index in [-0.39, 0.29) is 12.0 Å². The summed E-state index contributed by atoms with van der Waals surface area (Å²) in [5.41, 5.74) is -3.39. The second-order valence-corrected chi connectivity index (χ2v) is 9.30. The van der Waals surface area contributed by atoms with Crippen LogP contribution in [0.15, 0.2) is 42.0 Å². The lowest BCUT2D eigenvalue weighted by molar-refractivity contribution is -0.116. The fourth-order valence-corrected chi connectivity index (χ4v) is 4.96. The number of nitriles is 1. The first-order chi connectivity index (χ1) is 16.6. The monoisotopic (exact) mass is 488 g/mol. The van der Waals surface area contributed by atoms with Crippen LogP contribution in [-0.4, -0.2) is 58.7 Å². The molecule has 1 aliphatic heterocycles. The van der Waals surface area contributed by atoms with Gasteiger partial charge in [0.1, 0.15) is 11.6 Å². The first-order valence-corrected chi connectivity index (χ1v) is 11.7. The third-order valence-electron chi connectivity index (χ3n) is 7.13. The van der Waals surface area contributed by atoms with Gasteiger partial charge in [-0.1, -0.05) is 18.2 Å². The molecule has 0 aromatic heterocycles. The number of rotatable bonds is 7. The highest BCUT2D eigenvalue weighted by Gasteiger charge is 2.62. The summed E-state index contributed by atoms with van der Waals surface area (Å²) in [5, 5.41) is 39.9. The maximum absolute atomic E-state index is 14.1. The second-order valence-electron chi connectivity index (χ2n) is 9.30. The highest BCUT2D eigenvalue weighted by molar-refractivity contribution is 6.07. The van der Waals surface area contributed by atoms with Crippen LogP contribution >= 0.6 is 0 Å². The van der Waals surface area contributed by atoms with E-state index in [0.29, 0.717) is 5.39 Å². The van der Waals surface area contributed by atoms with Crippen molar-refractivity contribution in [3.8, 4) is 6.07 Å². The van der Waals surface area contributed by atoms with Gasteiger partial charge in [0.05, 0.1) is 23.9 Å². The molecular formula is C26H27F3N2O4. The molecule has 2 fully saturated rings. The van der Waals surface area contributed by atoms with Crippen LogP contribution in [0.3, 0.4) is 0 Å². The Kier molecular flexibility index (Phi) is 6.91. The molecule has 0 spiro atoms. The van der Waals surface area contributed by atoms with Gasteiger partial charge in [-0.15, -0.1) is 0 Å². The summed E-state index contributed by atoms with van der Waals surface area (Å²) >= 11 is 0. The number of hydrogen-bond donors (Lipinski definition) is 3. The Morgan fingerprint density at radius 2 is 1.77 bits per heavy atom. The average molecular weight is 489 g/mol. The van der Waals surface area contributed by atoms with Crippen molar-refractivity contribution in [3.63, 3.8) is 0 Å². The van der Waals surface area contributed by atoms with Crippen molar-refractivity contribution < 1.29 is 33.3 Å². The molecule has 0 bridgehead atoms. The van der Waals surface area contributed by atoms with Crippen LogP contribution < -0.4 is 4.90 Å². The molecule has 186 valence electrons. The van der Waals surface area contributed by atoms with E-state index in [2.05, 4.69) is 4.90 Å². The van der Waals surface area contributed by atoms with Gasteiger partial charge in [0, 0.05) is 31.1 Å². The molecule has 1 heterocycles. The lowest BCUT2D eigenvalue weighted by atomic mass is 9.93. The number of carbonyl (C=O) groups excluding carboxylic acids is 1. The minimum atomic E-state index is -4.97. The van der Waals surface area contributed by atoms with Crippen LogP contribution in [0.25, 0.3) is 16.3 Å². The number of halogens is 3. The van der Waals surface area contributed by atoms with Gasteiger partial charge in [-0.25, -0.2) is 0 Å². The third kappa shape index (κ3) is 4.92. The number of hydrogen-bond acceptors (Lipinski definition) is 6. The molecule has 2 aromatic carbocycles. The molecule has 0 radical (unpaired) electrons. The largest absolute Gasteiger partial charge is 0.418 e. The summed E-state index contributed by atoms with van der Waals surface area (Å²) in [5.74, 6) is -1.94. The van der Waals surface area contributed by atoms with Crippen molar-refractivity contribution in [1.29, 1.82) is 5.26 Å². The molecule has 2 aliphatic rings. The zero-order valence-corrected chi connectivity index (χ0v) is 19.1. The number of aliphatic hydroxyl groups is 3. The molecule has 1 saturated heterocycles. The van der Waals surface area contributed by atoms with Crippen molar-refractivity contribution >= 4 is 27.8 Å². The molecule has 6 nitrogen and oxygen atoms in total. The van der Waals surface area contributed by atoms with Gasteiger partial charge < -0.3 is 20.2 Å². The molecule has 9 heteroatoms. The van der Waals surface area contributed by atoms with Crippen LogP contribution in [-0.2, 0) is 4.79 Å². The smallest absolute Gasteiger partial charge is 0.396 e. The molecule has 3 N–H and O–H groups in total. The summed E-state index contributed by atoms with van der Waals surface area (Å²) in [4.78, 5) is 14.9. The predicted molar refractivity (Wildman–Crippen MR) is 124 cm³/mol. The minimum Gasteiger partial charge on any atom is -0.396 e. The SMILES string of the molecule is N#C/C(C(=O)CCC1(O)C(O)C1CO)=C(\c1ccc2cc(N3CCCCC3)ccc2c1)C(F)(F)F. The zero-order chi connectivity index (χ0) is 25.4. The maximum Gasteiger partial charge on any atom is 0.418 e. The van der Waals surface area contributed by atoms with E-state index in [1.54, 1.807) is 12.1 Å². The van der Waals surface area contributed by atoms with E-state index in [0.717, 1.165) is 37.0 Å². The summed E-state index contributed by atoms with van der Waals surface area (Å²) in [7, 11) is 0. The summed E-state index contributed by atoms with van der Waals surface area (Å²) < 4.78 is 42.3. The number of benzene rings is 2. The highest BCUT2D eigenvalue weighted by atomic mass is 19.4. The van der Waals surface area contributed by atoms with Crippen molar-refractivity contribution in [3.05, 3.63) is 47.5 Å². The number of ketones is 1. The van der Waals surface area contributed by atoms with Crippen LogP contribution in [0.4, 0.5) is 18.9 Å². The molecule has 4 rings (SSSR count). The summed E-state index contributed by atoms with van der Waals surface area (Å²) in [6, 6.07) is 11.1. The van der Waals surface area contributed by atoms with Gasteiger partial charge in [-0.05, 0) is 60.2 Å². The molecule has 1 saturated carbocycles. The number of allylic oxidation sites excluding steroid dienone is 2. The third-order valence-corrected chi connectivity index (χ3v) is 7.13. The normalized spacial score (nSPS) is 25.2. The van der Waals surface area contributed by atoms with Gasteiger partial charge in [0.2, 0.25) is 0 Å². The number of aliphatic hydroxyl groups excluding tert-OH is 2. The fraction of sp³-hybridized carbons (Fsp3) is 0.462. The Morgan fingerprint density at radius 1 is 1.11 bits per heavy atom. The number of Topliss-reactive ketones (excluding diaryl/α,β-unsaturated/α-hetero) is 1. The van der Waals surface area contributed by atoms with Crippen LogP contribution in [0.5, 0.6) is 0 Å². The van der Waals surface area contributed by atoms with Gasteiger partial charge in [0.15, 0.2) is 5.78 Å². The Balaban J connectivity index is 1.65.